The fraction of sp³-hybridized carbons (Fsp3) is 0.350. The van der Waals surface area contributed by atoms with E-state index in [0.717, 1.165) is 24.6 Å². The minimum absolute atomic E-state index is 0.0128. The summed E-state index contributed by atoms with van der Waals surface area (Å²) >= 11 is 0. The highest BCUT2D eigenvalue weighted by atomic mass is 19.4. The zero-order chi connectivity index (χ0) is 21.2. The van der Waals surface area contributed by atoms with Crippen LogP contribution in [0.3, 0.4) is 0 Å². The van der Waals surface area contributed by atoms with Crippen molar-refractivity contribution in [2.45, 2.75) is 31.5 Å². The molecule has 30 heavy (non-hydrogen) atoms. The molecule has 3 heterocycles. The average Bonchev–Trinajstić information content (AvgIpc) is 3.38. The minimum atomic E-state index is -4.48. The van der Waals surface area contributed by atoms with Gasteiger partial charge in [0.05, 0.1) is 29.4 Å². The molecule has 3 aromatic rings. The highest BCUT2D eigenvalue weighted by Gasteiger charge is 2.38. The summed E-state index contributed by atoms with van der Waals surface area (Å²) in [6.07, 6.45) is -1.95. The van der Waals surface area contributed by atoms with Gasteiger partial charge in [0.15, 0.2) is 0 Å². The third kappa shape index (κ3) is 2.94. The summed E-state index contributed by atoms with van der Waals surface area (Å²) in [6.45, 7) is 0.464. The van der Waals surface area contributed by atoms with Gasteiger partial charge in [-0.25, -0.2) is 4.98 Å². The molecule has 1 amide bonds. The normalized spacial score (nSPS) is 16.3. The number of carbonyl (C=O) groups excluding carboxylic acids is 1. The molecule has 7 nitrogen and oxygen atoms in total. The molecule has 2 N–H and O–H groups in total. The van der Waals surface area contributed by atoms with E-state index in [-0.39, 0.29) is 28.8 Å². The number of halogens is 3. The Morgan fingerprint density at radius 2 is 2.03 bits per heavy atom. The predicted molar refractivity (Wildman–Crippen MR) is 103 cm³/mol. The number of H-pyrrole nitrogens is 1. The number of ether oxygens (including phenoxy) is 1. The number of carbonyl (C=O) groups is 1. The van der Waals surface area contributed by atoms with E-state index in [1.807, 2.05) is 0 Å². The number of nitrogens with zero attached hydrogens (tertiary/aromatic N) is 3. The number of methoxy groups -OCH3 is 1. The van der Waals surface area contributed by atoms with Gasteiger partial charge in [0.2, 0.25) is 5.95 Å². The summed E-state index contributed by atoms with van der Waals surface area (Å²) < 4.78 is 45.6. The molecule has 0 unspecified atom stereocenters. The third-order valence-electron chi connectivity index (χ3n) is 5.49. The summed E-state index contributed by atoms with van der Waals surface area (Å²) in [5.41, 5.74) is 1.72. The molecule has 10 heteroatoms. The molecule has 1 fully saturated rings. The van der Waals surface area contributed by atoms with Gasteiger partial charge in [-0.2, -0.15) is 18.2 Å². The Labute approximate surface area is 169 Å². The molecule has 0 bridgehead atoms. The molecule has 156 valence electrons. The smallest absolute Gasteiger partial charge is 0.418 e. The standard InChI is InChI=1S/C20H18F3N5O2/c1-28-8-10-5-13(14(30-2)6-11(10)18(28)29)25-19-26-16(9-3-4-9)15-12(20(21,22)23)7-24-17(15)27-19/h5-7,9H,3-4,8H2,1-2H3,(H2,24,25,26,27). The van der Waals surface area contributed by atoms with Crippen LogP contribution in [0.2, 0.25) is 0 Å². The Morgan fingerprint density at radius 3 is 2.70 bits per heavy atom. The fourth-order valence-electron chi connectivity index (χ4n) is 3.87. The van der Waals surface area contributed by atoms with Crippen LogP contribution in [0, 0.1) is 0 Å². The van der Waals surface area contributed by atoms with Crippen LogP contribution in [-0.2, 0) is 12.7 Å². The van der Waals surface area contributed by atoms with Crippen molar-refractivity contribution in [3.8, 4) is 5.75 Å². The SMILES string of the molecule is COc1cc2c(cc1Nc1nc(C3CC3)c3c(C(F)(F)F)c[nH]c3n1)CN(C)C2=O. The van der Waals surface area contributed by atoms with Crippen molar-refractivity contribution >= 4 is 28.6 Å². The molecule has 0 radical (unpaired) electrons. The number of anilines is 2. The minimum Gasteiger partial charge on any atom is -0.495 e. The van der Waals surface area contributed by atoms with Gasteiger partial charge in [-0.3, -0.25) is 4.79 Å². The van der Waals surface area contributed by atoms with Gasteiger partial charge in [0.1, 0.15) is 11.4 Å². The quantitative estimate of drug-likeness (QED) is 0.665. The number of benzene rings is 1. The molecule has 2 aromatic heterocycles. The Balaban J connectivity index is 1.59. The number of hydrogen-bond acceptors (Lipinski definition) is 5. The Kier molecular flexibility index (Phi) is 3.96. The molecule has 1 saturated carbocycles. The van der Waals surface area contributed by atoms with Gasteiger partial charge in [-0.1, -0.05) is 0 Å². The van der Waals surface area contributed by atoms with E-state index in [0.29, 0.717) is 29.2 Å². The molecular formula is C20H18F3N5O2. The lowest BCUT2D eigenvalue weighted by molar-refractivity contribution is -0.136. The first-order valence-electron chi connectivity index (χ1n) is 9.46. The highest BCUT2D eigenvalue weighted by molar-refractivity contribution is 5.99. The maximum absolute atomic E-state index is 13.4. The molecule has 5 rings (SSSR count). The lowest BCUT2D eigenvalue weighted by Gasteiger charge is -2.13. The van der Waals surface area contributed by atoms with Gasteiger partial charge in [0, 0.05) is 31.3 Å². The second-order valence-corrected chi connectivity index (χ2v) is 7.63. The Morgan fingerprint density at radius 1 is 1.27 bits per heavy atom. The third-order valence-corrected chi connectivity index (χ3v) is 5.49. The lowest BCUT2D eigenvalue weighted by atomic mass is 10.1. The number of nitrogens with one attached hydrogen (secondary N) is 2. The van der Waals surface area contributed by atoms with Gasteiger partial charge < -0.3 is 19.9 Å². The highest BCUT2D eigenvalue weighted by Crippen LogP contribution is 2.46. The second kappa shape index (κ2) is 6.35. The summed E-state index contributed by atoms with van der Waals surface area (Å²) in [4.78, 5) is 25.1. The lowest BCUT2D eigenvalue weighted by Crippen LogP contribution is -2.17. The Bertz CT molecular complexity index is 1180. The summed E-state index contributed by atoms with van der Waals surface area (Å²) in [5, 5.41) is 3.10. The molecular weight excluding hydrogens is 399 g/mol. The van der Waals surface area contributed by atoms with Crippen LogP contribution >= 0.6 is 0 Å². The number of fused-ring (bicyclic) bond motifs is 2. The number of amides is 1. The van der Waals surface area contributed by atoms with Crippen molar-refractivity contribution in [2.24, 2.45) is 0 Å². The first-order chi connectivity index (χ1) is 14.3. The largest absolute Gasteiger partial charge is 0.495 e. The molecule has 0 saturated heterocycles. The zero-order valence-electron chi connectivity index (χ0n) is 16.2. The van der Waals surface area contributed by atoms with Gasteiger partial charge in [-0.15, -0.1) is 0 Å². The number of alkyl halides is 3. The van der Waals surface area contributed by atoms with E-state index < -0.39 is 11.7 Å². The summed E-state index contributed by atoms with van der Waals surface area (Å²) in [6, 6.07) is 3.44. The van der Waals surface area contributed by atoms with Crippen molar-refractivity contribution < 1.29 is 22.7 Å². The van der Waals surface area contributed by atoms with Crippen LogP contribution in [0.25, 0.3) is 11.0 Å². The number of aromatic amines is 1. The number of hydrogen-bond donors (Lipinski definition) is 2. The molecule has 1 aromatic carbocycles. The predicted octanol–water partition coefficient (Wildman–Crippen LogP) is 4.19. The van der Waals surface area contributed by atoms with E-state index in [1.165, 1.54) is 7.11 Å². The summed E-state index contributed by atoms with van der Waals surface area (Å²) in [5.74, 6) is 0.503. The van der Waals surface area contributed by atoms with Crippen molar-refractivity contribution in [1.82, 2.24) is 19.9 Å². The molecule has 2 aliphatic rings. The van der Waals surface area contributed by atoms with Crippen LogP contribution in [0.15, 0.2) is 18.3 Å². The first kappa shape index (κ1) is 18.7. The van der Waals surface area contributed by atoms with E-state index in [4.69, 9.17) is 4.74 Å². The topological polar surface area (TPSA) is 83.1 Å². The zero-order valence-corrected chi connectivity index (χ0v) is 16.2. The maximum Gasteiger partial charge on any atom is 0.418 e. The average molecular weight is 417 g/mol. The van der Waals surface area contributed by atoms with E-state index >= 15 is 0 Å². The van der Waals surface area contributed by atoms with Gasteiger partial charge >= 0.3 is 6.18 Å². The van der Waals surface area contributed by atoms with Gasteiger partial charge in [0.25, 0.3) is 5.91 Å². The molecule has 0 atom stereocenters. The van der Waals surface area contributed by atoms with Crippen LogP contribution in [0.1, 0.15) is 45.9 Å². The van der Waals surface area contributed by atoms with Crippen LogP contribution in [-0.4, -0.2) is 39.9 Å². The molecule has 1 aliphatic carbocycles. The van der Waals surface area contributed by atoms with Crippen molar-refractivity contribution in [2.75, 3.05) is 19.5 Å². The molecule has 0 spiro atoms. The van der Waals surface area contributed by atoms with E-state index in [1.54, 1.807) is 24.1 Å². The summed E-state index contributed by atoms with van der Waals surface area (Å²) in [7, 11) is 3.20. The second-order valence-electron chi connectivity index (χ2n) is 7.63. The van der Waals surface area contributed by atoms with Gasteiger partial charge in [-0.05, 0) is 30.5 Å². The van der Waals surface area contributed by atoms with Crippen molar-refractivity contribution in [3.63, 3.8) is 0 Å². The Hall–Kier alpha value is -3.30. The monoisotopic (exact) mass is 417 g/mol. The van der Waals surface area contributed by atoms with E-state index in [2.05, 4.69) is 20.3 Å². The molecule has 1 aliphatic heterocycles. The van der Waals surface area contributed by atoms with Crippen LogP contribution < -0.4 is 10.1 Å². The number of rotatable bonds is 4. The number of aromatic nitrogens is 3. The van der Waals surface area contributed by atoms with Crippen LogP contribution in [0.5, 0.6) is 5.75 Å². The maximum atomic E-state index is 13.4. The van der Waals surface area contributed by atoms with Crippen molar-refractivity contribution in [3.05, 3.63) is 40.7 Å². The van der Waals surface area contributed by atoms with E-state index in [9.17, 15) is 18.0 Å². The van der Waals surface area contributed by atoms with Crippen LogP contribution in [0.4, 0.5) is 24.8 Å². The first-order valence-corrected chi connectivity index (χ1v) is 9.46. The fourth-order valence-corrected chi connectivity index (χ4v) is 3.87. The van der Waals surface area contributed by atoms with Crippen molar-refractivity contribution in [1.29, 1.82) is 0 Å².